The molecule has 1 aliphatic carbocycles. The number of phenolic OH excluding ortho intramolecular Hbond substituents is 1. The summed E-state index contributed by atoms with van der Waals surface area (Å²) in [6.07, 6.45) is 5.83. The third-order valence-corrected chi connectivity index (χ3v) is 17.2. The van der Waals surface area contributed by atoms with Crippen molar-refractivity contribution in [3.05, 3.63) is 70.4 Å². The summed E-state index contributed by atoms with van der Waals surface area (Å²) in [4.78, 5) is 142. The van der Waals surface area contributed by atoms with Crippen molar-refractivity contribution in [2.75, 3.05) is 51.1 Å². The Kier molecular flexibility index (Phi) is 33.7. The molecule has 99 heavy (non-hydrogen) atoms. The number of aliphatic carboxylic acids is 1. The molecule has 31 nitrogen and oxygen atoms in total. The number of fused-ring (bicyclic) bond motifs is 2. The van der Waals surface area contributed by atoms with Gasteiger partial charge in [-0.3, -0.25) is 43.3 Å². The van der Waals surface area contributed by atoms with E-state index in [0.29, 0.717) is 105 Å². The number of carbonyl (C=O) groups is 9. The highest BCUT2D eigenvalue weighted by molar-refractivity contribution is 7.80. The number of thiocarbonyl (C=S) groups is 1. The van der Waals surface area contributed by atoms with E-state index in [2.05, 4.69) is 47.5 Å². The third-order valence-electron chi connectivity index (χ3n) is 17.0. The normalized spacial score (nSPS) is 14.9. The highest BCUT2D eigenvalue weighted by Crippen LogP contribution is 2.42. The molecule has 2 aromatic rings. The lowest BCUT2D eigenvalue weighted by molar-refractivity contribution is -0.143. The number of guanidine groups is 1. The van der Waals surface area contributed by atoms with E-state index >= 15 is 0 Å². The number of rotatable bonds is 43. The summed E-state index contributed by atoms with van der Waals surface area (Å²) >= 11 is 5.55. The van der Waals surface area contributed by atoms with E-state index < -0.39 is 108 Å². The highest BCUT2D eigenvalue weighted by Gasteiger charge is 2.39. The molecule has 0 spiro atoms. The van der Waals surface area contributed by atoms with Crippen molar-refractivity contribution in [3.8, 4) is 28.2 Å². The molecule has 2 aliphatic heterocycles. The molecule has 2 heterocycles. The Morgan fingerprint density at radius 2 is 1.13 bits per heavy atom. The van der Waals surface area contributed by atoms with Crippen molar-refractivity contribution in [2.24, 2.45) is 51.0 Å². The van der Waals surface area contributed by atoms with Crippen molar-refractivity contribution in [2.45, 2.75) is 184 Å². The van der Waals surface area contributed by atoms with Crippen LogP contribution in [0.1, 0.15) is 146 Å². The van der Waals surface area contributed by atoms with Gasteiger partial charge in [0.25, 0.3) is 0 Å². The summed E-state index contributed by atoms with van der Waals surface area (Å²) in [6, 6.07) is 3.82. The summed E-state index contributed by atoms with van der Waals surface area (Å²) in [7, 11) is 0. The van der Waals surface area contributed by atoms with Crippen LogP contribution in [0.25, 0.3) is 33.4 Å². The number of aliphatic imine (C=N–C) groups is 1. The van der Waals surface area contributed by atoms with Gasteiger partial charge in [0.1, 0.15) is 59.4 Å². The predicted molar refractivity (Wildman–Crippen MR) is 380 cm³/mol. The van der Waals surface area contributed by atoms with E-state index in [9.17, 15) is 63.3 Å². The third kappa shape index (κ3) is 25.3. The Morgan fingerprint density at radius 3 is 1.64 bits per heavy atom. The number of nitrogens with zero attached hydrogens (tertiary/aromatic N) is 2. The van der Waals surface area contributed by atoms with Gasteiger partial charge in [-0.2, -0.15) is 0 Å². The van der Waals surface area contributed by atoms with Crippen LogP contribution in [0.3, 0.4) is 0 Å². The van der Waals surface area contributed by atoms with Crippen molar-refractivity contribution in [1.82, 2.24) is 42.1 Å². The lowest BCUT2D eigenvalue weighted by atomic mass is 9.90. The Hall–Kier alpha value is -9.08. The van der Waals surface area contributed by atoms with Gasteiger partial charge in [-0.05, 0) is 208 Å². The van der Waals surface area contributed by atoms with Crippen LogP contribution >= 0.6 is 12.2 Å². The first-order chi connectivity index (χ1) is 47.3. The predicted octanol–water partition coefficient (Wildman–Crippen LogP) is 0.963. The van der Waals surface area contributed by atoms with Crippen LogP contribution in [-0.2, 0) is 38.4 Å². The minimum atomic E-state index is -1.33. The number of benzene rings is 3. The summed E-state index contributed by atoms with van der Waals surface area (Å²) < 4.78 is 5.94. The number of phenols is 1. The maximum absolute atomic E-state index is 14.5. The number of amides is 7. The van der Waals surface area contributed by atoms with Gasteiger partial charge in [-0.25, -0.2) is 9.59 Å². The molecule has 0 saturated carbocycles. The molecule has 0 radical (unpaired) electrons. The minimum absolute atomic E-state index is 0.0443. The number of hydrogen-bond acceptors (Lipinski definition) is 19. The first-order valence-electron chi connectivity index (χ1n) is 33.9. The van der Waals surface area contributed by atoms with Gasteiger partial charge in [0.15, 0.2) is 16.5 Å². The van der Waals surface area contributed by atoms with E-state index in [4.69, 9.17) is 56.8 Å². The zero-order valence-corrected chi connectivity index (χ0v) is 57.3. The van der Waals surface area contributed by atoms with E-state index in [1.165, 1.54) is 35.2 Å². The number of unbranched alkanes of at least 4 members (excludes halogenated alkanes) is 5. The molecule has 0 bridgehead atoms. The van der Waals surface area contributed by atoms with Gasteiger partial charge in [-0.1, -0.05) is 19.9 Å². The fraction of sp³-hybridized carbons (Fsp3) is 0.552. The molecule has 25 N–H and O–H groups in total. The second kappa shape index (κ2) is 41.4. The van der Waals surface area contributed by atoms with Crippen LogP contribution in [0.4, 0.5) is 5.69 Å². The number of hydrogen-bond donors (Lipinski definition) is 18. The van der Waals surface area contributed by atoms with Crippen LogP contribution < -0.4 is 88.1 Å². The first-order valence-corrected chi connectivity index (χ1v) is 34.3. The molecule has 2 aromatic carbocycles. The molecule has 8 atom stereocenters. The summed E-state index contributed by atoms with van der Waals surface area (Å²) in [6.45, 7) is 4.97. The summed E-state index contributed by atoms with van der Waals surface area (Å²) in [5, 5.41) is 53.6. The van der Waals surface area contributed by atoms with Crippen LogP contribution in [0.2, 0.25) is 0 Å². The summed E-state index contributed by atoms with van der Waals surface area (Å²) in [5.74, 6) is -7.94. The van der Waals surface area contributed by atoms with Crippen LogP contribution in [0, 0.1) is 5.92 Å². The van der Waals surface area contributed by atoms with Gasteiger partial charge in [-0.15, -0.1) is 0 Å². The van der Waals surface area contributed by atoms with Crippen molar-refractivity contribution in [3.63, 3.8) is 0 Å². The molecular weight excluding hydrogens is 1300 g/mol. The van der Waals surface area contributed by atoms with Gasteiger partial charge in [0, 0.05) is 54.0 Å². The number of nitrogens with two attached hydrogens (primary N) is 7. The number of anilines is 1. The van der Waals surface area contributed by atoms with Crippen LogP contribution in [0.5, 0.6) is 5.75 Å². The number of aromatic carboxylic acids is 1. The van der Waals surface area contributed by atoms with Gasteiger partial charge in [0.2, 0.25) is 41.4 Å². The maximum Gasteiger partial charge on any atom is 0.336 e. The quantitative estimate of drug-likeness (QED) is 0.00965. The zero-order chi connectivity index (χ0) is 72.7. The Morgan fingerprint density at radius 1 is 0.626 bits per heavy atom. The number of aromatic hydroxyl groups is 1. The molecule has 0 aromatic heterocycles. The number of carbonyl (C=O) groups excluding carboxylic acids is 7. The first kappa shape index (κ1) is 80.6. The van der Waals surface area contributed by atoms with Crippen molar-refractivity contribution < 1.29 is 62.9 Å². The number of carboxylic acids is 2. The van der Waals surface area contributed by atoms with Gasteiger partial charge in [0.05, 0.1) is 11.6 Å². The van der Waals surface area contributed by atoms with Gasteiger partial charge >= 0.3 is 11.9 Å². The van der Waals surface area contributed by atoms with Crippen molar-refractivity contribution >= 4 is 93.2 Å². The topological polar surface area (TPSA) is 539 Å². The zero-order valence-electron chi connectivity index (χ0n) is 56.5. The molecule has 544 valence electrons. The molecule has 5 rings (SSSR count). The second-order valence-corrected chi connectivity index (χ2v) is 25.4. The Bertz CT molecular complexity index is 3460. The lowest BCUT2D eigenvalue weighted by Crippen LogP contribution is -2.60. The number of nitrogens with one attached hydrogen (secondary N) is 8. The number of likely N-dealkylation sites (tertiary alicyclic amines) is 1. The molecule has 32 heteroatoms. The highest BCUT2D eigenvalue weighted by atomic mass is 32.1. The Balaban J connectivity index is 1.23. The van der Waals surface area contributed by atoms with Gasteiger partial charge < -0.3 is 107 Å². The molecule has 1 saturated heterocycles. The molecule has 1 fully saturated rings. The Labute approximate surface area is 580 Å². The molecule has 7 amide bonds. The van der Waals surface area contributed by atoms with E-state index in [0.717, 1.165) is 0 Å². The largest absolute Gasteiger partial charge is 0.508 e. The van der Waals surface area contributed by atoms with E-state index in [1.54, 1.807) is 38.1 Å². The average molecular weight is 1400 g/mol. The maximum atomic E-state index is 14.5. The smallest absolute Gasteiger partial charge is 0.336 e. The van der Waals surface area contributed by atoms with Crippen molar-refractivity contribution in [1.29, 1.82) is 0 Å². The fourth-order valence-electron chi connectivity index (χ4n) is 11.6. The lowest BCUT2D eigenvalue weighted by Gasteiger charge is -2.29. The second-order valence-electron chi connectivity index (χ2n) is 25.0. The van der Waals surface area contributed by atoms with E-state index in [-0.39, 0.29) is 130 Å². The molecule has 0 unspecified atom stereocenters. The average Bonchev–Trinajstić information content (AvgIpc) is 1.17. The fourth-order valence-corrected chi connectivity index (χ4v) is 11.8. The minimum Gasteiger partial charge on any atom is -0.508 e. The van der Waals surface area contributed by atoms with E-state index in [1.807, 2.05) is 0 Å². The van der Waals surface area contributed by atoms with Crippen LogP contribution in [-0.4, -0.2) is 179 Å². The molecule has 3 aliphatic rings. The standard InChI is InChI=1S/C67H101N17O14S/c1-38(2)56(65(96)97)83-61(91)50(19-6-11-31-71)80-60(90)51(20-13-33-75-66(73)74)81-58(88)48(17-4-9-29-69)78-57(87)47(16-3-8-28-68)79-59(89)49(18-5-10-30-70)82-62(92)52-21-14-34-84(52)63(93)46(72)15-7-12-32-76-67(99)77-39-22-25-42(45(35-39)64(94)95)55-43-26-23-40(85)36-53(43)98-54-37-41(86)24-27-44(54)55/h22-27,35-38,46-52,56,85H,3-21,28-34,68-72H2,1-2H3,(H,78,87)(H,79,89)(H,80,90)(H,81,88)(H,82,92)(H,83,91)(H,94,95)(H,96,97)(H4,73,74,75)(H2,76,77,99)/t46-,47-,48-,49-,50-,51-,52-,56-/m0/s1. The molecular formula is C67H101N17O14S. The monoisotopic (exact) mass is 1400 g/mol. The number of carboxylic acid groups (broad SMARTS) is 2. The SMILES string of the molecule is CC(C)[C@H](NC(=O)[C@H](CCCCN)NC(=O)[C@H](CCCN=C(N)N)NC(=O)[C@H](CCCCN)NC(=O)[C@H](CCCCN)NC(=O)[C@H](CCCCN)NC(=O)[C@@H]1CCCN1C(=O)[C@@H](N)CCCCNC(=S)Nc1ccc(-c2c3ccc(=O)cc-3oc3cc(O)ccc23)c(C(=O)O)c1)C(=O)O. The summed E-state index contributed by atoms with van der Waals surface area (Å²) in [5.41, 5.74) is 42.4. The van der Waals surface area contributed by atoms with Crippen LogP contribution in [0.15, 0.2) is 68.8 Å².